The third-order valence-corrected chi connectivity index (χ3v) is 4.10. The predicted molar refractivity (Wildman–Crippen MR) is 84.0 cm³/mol. The van der Waals surface area contributed by atoms with E-state index in [0.717, 1.165) is 17.7 Å². The Morgan fingerprint density at radius 1 is 1.14 bits per heavy atom. The third-order valence-electron chi connectivity index (χ3n) is 4.10. The first-order chi connectivity index (χ1) is 10.0. The predicted octanol–water partition coefficient (Wildman–Crippen LogP) is 2.88. The van der Waals surface area contributed by atoms with Crippen LogP contribution in [0.4, 0.5) is 5.69 Å². The zero-order chi connectivity index (χ0) is 15.2. The molecule has 21 heavy (non-hydrogen) atoms. The van der Waals surface area contributed by atoms with Crippen LogP contribution in [0.5, 0.6) is 0 Å². The minimum atomic E-state index is -0.0909. The molecule has 1 aromatic rings. The van der Waals surface area contributed by atoms with Gasteiger partial charge in [-0.25, -0.2) is 0 Å². The molecule has 0 unspecified atom stereocenters. The molecule has 2 N–H and O–H groups in total. The molecule has 1 fully saturated rings. The Labute approximate surface area is 126 Å². The topological polar surface area (TPSA) is 58.2 Å². The largest absolute Gasteiger partial charge is 0.353 e. The van der Waals surface area contributed by atoms with Crippen LogP contribution in [0, 0.1) is 5.92 Å². The number of carbonyl (C=O) groups excluding carboxylic acids is 2. The van der Waals surface area contributed by atoms with Crippen LogP contribution in [-0.4, -0.2) is 17.9 Å². The van der Waals surface area contributed by atoms with Gasteiger partial charge in [0, 0.05) is 18.7 Å². The second-order valence-electron chi connectivity index (χ2n) is 5.99. The molecular weight excluding hydrogens is 264 g/mol. The summed E-state index contributed by atoms with van der Waals surface area (Å²) in [5.74, 6) is 0.567. The summed E-state index contributed by atoms with van der Waals surface area (Å²) >= 11 is 0. The van der Waals surface area contributed by atoms with E-state index in [0.29, 0.717) is 18.4 Å². The van der Waals surface area contributed by atoms with Gasteiger partial charge < -0.3 is 10.6 Å². The summed E-state index contributed by atoms with van der Waals surface area (Å²) in [6.45, 7) is 3.69. The first-order valence-corrected chi connectivity index (χ1v) is 7.70. The normalized spacial score (nSPS) is 21.6. The molecule has 2 rings (SSSR count). The molecule has 4 nitrogen and oxygen atoms in total. The summed E-state index contributed by atoms with van der Waals surface area (Å²) in [7, 11) is 0. The summed E-state index contributed by atoms with van der Waals surface area (Å²) in [6, 6.07) is 7.75. The average Bonchev–Trinajstić information content (AvgIpc) is 2.43. The molecule has 0 saturated heterocycles. The Kier molecular flexibility index (Phi) is 5.37. The van der Waals surface area contributed by atoms with Gasteiger partial charge in [0.25, 0.3) is 0 Å². The highest BCUT2D eigenvalue weighted by molar-refractivity contribution is 5.88. The fourth-order valence-electron chi connectivity index (χ4n) is 2.88. The van der Waals surface area contributed by atoms with E-state index in [-0.39, 0.29) is 11.8 Å². The SMILES string of the molecule is CC(=O)Nc1ccc(CC(=O)N[C@@H]2CCCC[C@H]2C)cc1. The van der Waals surface area contributed by atoms with Crippen LogP contribution in [0.1, 0.15) is 45.1 Å². The average molecular weight is 288 g/mol. The Bertz CT molecular complexity index is 496. The second kappa shape index (κ2) is 7.25. The number of anilines is 1. The maximum Gasteiger partial charge on any atom is 0.224 e. The minimum absolute atomic E-state index is 0.0843. The quantitative estimate of drug-likeness (QED) is 0.895. The Balaban J connectivity index is 1.85. The smallest absolute Gasteiger partial charge is 0.224 e. The molecule has 1 aliphatic carbocycles. The molecule has 1 aliphatic rings. The molecule has 0 radical (unpaired) electrons. The molecule has 2 amide bonds. The number of hydrogen-bond acceptors (Lipinski definition) is 2. The molecule has 2 atom stereocenters. The third kappa shape index (κ3) is 4.88. The number of amides is 2. The molecule has 1 saturated carbocycles. The van der Waals surface area contributed by atoms with E-state index in [9.17, 15) is 9.59 Å². The number of nitrogens with one attached hydrogen (secondary N) is 2. The second-order valence-corrected chi connectivity index (χ2v) is 5.99. The first-order valence-electron chi connectivity index (χ1n) is 7.70. The van der Waals surface area contributed by atoms with Crippen LogP contribution in [-0.2, 0) is 16.0 Å². The molecule has 1 aromatic carbocycles. The fourth-order valence-corrected chi connectivity index (χ4v) is 2.88. The van der Waals surface area contributed by atoms with Gasteiger partial charge in [-0.1, -0.05) is 31.9 Å². The van der Waals surface area contributed by atoms with E-state index in [4.69, 9.17) is 0 Å². The molecular formula is C17H24N2O2. The lowest BCUT2D eigenvalue weighted by molar-refractivity contribution is -0.121. The van der Waals surface area contributed by atoms with Crippen molar-refractivity contribution < 1.29 is 9.59 Å². The van der Waals surface area contributed by atoms with Gasteiger partial charge in [0.15, 0.2) is 0 Å². The van der Waals surface area contributed by atoms with Gasteiger partial charge in [0.05, 0.1) is 6.42 Å². The Morgan fingerprint density at radius 3 is 2.43 bits per heavy atom. The van der Waals surface area contributed by atoms with Crippen molar-refractivity contribution in [2.24, 2.45) is 5.92 Å². The molecule has 0 aromatic heterocycles. The lowest BCUT2D eigenvalue weighted by atomic mass is 9.86. The van der Waals surface area contributed by atoms with Gasteiger partial charge in [-0.05, 0) is 36.5 Å². The van der Waals surface area contributed by atoms with Crippen molar-refractivity contribution in [2.45, 2.75) is 52.0 Å². The van der Waals surface area contributed by atoms with Gasteiger partial charge in [0.1, 0.15) is 0 Å². The van der Waals surface area contributed by atoms with Gasteiger partial charge >= 0.3 is 0 Å². The van der Waals surface area contributed by atoms with Crippen LogP contribution >= 0.6 is 0 Å². The van der Waals surface area contributed by atoms with Crippen LogP contribution < -0.4 is 10.6 Å². The van der Waals surface area contributed by atoms with Crippen molar-refractivity contribution >= 4 is 17.5 Å². The molecule has 114 valence electrons. The maximum absolute atomic E-state index is 12.1. The van der Waals surface area contributed by atoms with Crippen LogP contribution in [0.25, 0.3) is 0 Å². The zero-order valence-corrected chi connectivity index (χ0v) is 12.8. The van der Waals surface area contributed by atoms with E-state index < -0.39 is 0 Å². The monoisotopic (exact) mass is 288 g/mol. The van der Waals surface area contributed by atoms with Gasteiger partial charge in [-0.15, -0.1) is 0 Å². The molecule has 0 bridgehead atoms. The molecule has 0 heterocycles. The highest BCUT2D eigenvalue weighted by Crippen LogP contribution is 2.23. The van der Waals surface area contributed by atoms with Crippen molar-refractivity contribution in [3.05, 3.63) is 29.8 Å². The van der Waals surface area contributed by atoms with Gasteiger partial charge in [-0.3, -0.25) is 9.59 Å². The van der Waals surface area contributed by atoms with E-state index >= 15 is 0 Å². The summed E-state index contributed by atoms with van der Waals surface area (Å²) < 4.78 is 0. The summed E-state index contributed by atoms with van der Waals surface area (Å²) in [5.41, 5.74) is 1.72. The van der Waals surface area contributed by atoms with Crippen LogP contribution in [0.2, 0.25) is 0 Å². The molecule has 4 heteroatoms. The Morgan fingerprint density at radius 2 is 1.81 bits per heavy atom. The summed E-state index contributed by atoms with van der Waals surface area (Å²) in [5, 5.41) is 5.87. The van der Waals surface area contributed by atoms with Crippen LogP contribution in [0.15, 0.2) is 24.3 Å². The van der Waals surface area contributed by atoms with E-state index in [2.05, 4.69) is 17.6 Å². The lowest BCUT2D eigenvalue weighted by Gasteiger charge is -2.29. The van der Waals surface area contributed by atoms with Crippen molar-refractivity contribution in [2.75, 3.05) is 5.32 Å². The van der Waals surface area contributed by atoms with E-state index in [1.165, 1.54) is 26.2 Å². The van der Waals surface area contributed by atoms with E-state index in [1.807, 2.05) is 24.3 Å². The number of hydrogen-bond donors (Lipinski definition) is 2. The summed E-state index contributed by atoms with van der Waals surface area (Å²) in [6.07, 6.45) is 5.17. The van der Waals surface area contributed by atoms with Crippen LogP contribution in [0.3, 0.4) is 0 Å². The fraction of sp³-hybridized carbons (Fsp3) is 0.529. The summed E-state index contributed by atoms with van der Waals surface area (Å²) in [4.78, 5) is 23.1. The zero-order valence-electron chi connectivity index (χ0n) is 12.8. The highest BCUT2D eigenvalue weighted by Gasteiger charge is 2.22. The number of carbonyl (C=O) groups is 2. The van der Waals surface area contributed by atoms with Crippen molar-refractivity contribution in [1.82, 2.24) is 5.32 Å². The van der Waals surface area contributed by atoms with Crippen molar-refractivity contribution in [1.29, 1.82) is 0 Å². The lowest BCUT2D eigenvalue weighted by Crippen LogP contribution is -2.41. The van der Waals surface area contributed by atoms with Crippen molar-refractivity contribution in [3.63, 3.8) is 0 Å². The maximum atomic E-state index is 12.1. The molecule has 0 spiro atoms. The van der Waals surface area contributed by atoms with Gasteiger partial charge in [0.2, 0.25) is 11.8 Å². The Hall–Kier alpha value is -1.84. The first kappa shape index (κ1) is 15.5. The standard InChI is InChI=1S/C17H24N2O2/c1-12-5-3-4-6-16(12)19-17(21)11-14-7-9-15(10-8-14)18-13(2)20/h7-10,12,16H,3-6,11H2,1-2H3,(H,18,20)(H,19,21)/t12-,16-/m1/s1. The van der Waals surface area contributed by atoms with E-state index in [1.54, 1.807) is 0 Å². The van der Waals surface area contributed by atoms with Gasteiger partial charge in [-0.2, -0.15) is 0 Å². The number of benzene rings is 1. The molecule has 0 aliphatic heterocycles. The minimum Gasteiger partial charge on any atom is -0.353 e. The number of rotatable bonds is 4. The van der Waals surface area contributed by atoms with Crippen molar-refractivity contribution in [3.8, 4) is 0 Å². The highest BCUT2D eigenvalue weighted by atomic mass is 16.2.